The highest BCUT2D eigenvalue weighted by Gasteiger charge is 2.11. The third-order valence-corrected chi connectivity index (χ3v) is 2.48. The molecule has 6 heteroatoms. The van der Waals surface area contributed by atoms with Gasteiger partial charge in [-0.1, -0.05) is 0 Å². The summed E-state index contributed by atoms with van der Waals surface area (Å²) in [6, 6.07) is 1.81. The number of ether oxygens (including phenoxy) is 1. The smallest absolute Gasteiger partial charge is 0.246 e. The Morgan fingerprint density at radius 3 is 3.00 bits per heavy atom. The number of methoxy groups -OCH3 is 1. The van der Waals surface area contributed by atoms with Gasteiger partial charge in [-0.05, 0) is 12.1 Å². The summed E-state index contributed by atoms with van der Waals surface area (Å²) < 4.78 is 6.47. The highest BCUT2D eigenvalue weighted by atomic mass is 16.5. The second kappa shape index (κ2) is 6.93. The van der Waals surface area contributed by atoms with Crippen LogP contribution in [0, 0.1) is 0 Å². The number of amides is 1. The summed E-state index contributed by atoms with van der Waals surface area (Å²) >= 11 is 0. The Kier molecular flexibility index (Phi) is 5.54. The Bertz CT molecular complexity index is 414. The second-order valence-corrected chi connectivity index (χ2v) is 4.04. The van der Waals surface area contributed by atoms with Crippen LogP contribution in [0.4, 0.5) is 0 Å². The fourth-order valence-electron chi connectivity index (χ4n) is 1.48. The zero-order chi connectivity index (χ0) is 13.5. The lowest BCUT2D eigenvalue weighted by molar-refractivity contribution is -0.126. The molecule has 0 spiro atoms. The SMILES string of the molecule is COCC(O)CN(C)C(=O)C=Cc1ccnn1C. The number of hydrogen-bond acceptors (Lipinski definition) is 4. The molecule has 0 bridgehead atoms. The molecule has 1 heterocycles. The highest BCUT2D eigenvalue weighted by molar-refractivity contribution is 5.91. The van der Waals surface area contributed by atoms with Gasteiger partial charge in [-0.15, -0.1) is 0 Å². The van der Waals surface area contributed by atoms with Crippen molar-refractivity contribution < 1.29 is 14.6 Å². The van der Waals surface area contributed by atoms with Crippen LogP contribution in [0.2, 0.25) is 0 Å². The van der Waals surface area contributed by atoms with E-state index in [-0.39, 0.29) is 19.1 Å². The van der Waals surface area contributed by atoms with Gasteiger partial charge in [0.2, 0.25) is 5.91 Å². The van der Waals surface area contributed by atoms with Gasteiger partial charge in [0.1, 0.15) is 0 Å². The van der Waals surface area contributed by atoms with Gasteiger partial charge in [-0.3, -0.25) is 9.48 Å². The summed E-state index contributed by atoms with van der Waals surface area (Å²) in [5.41, 5.74) is 0.842. The van der Waals surface area contributed by atoms with E-state index in [2.05, 4.69) is 5.10 Å². The predicted octanol–water partition coefficient (Wildman–Crippen LogP) is -0.101. The van der Waals surface area contributed by atoms with E-state index >= 15 is 0 Å². The Labute approximate surface area is 106 Å². The van der Waals surface area contributed by atoms with Crippen LogP contribution in [0.5, 0.6) is 0 Å². The standard InChI is InChI=1S/C12H19N3O3/c1-14(8-11(16)9-18-3)12(17)5-4-10-6-7-13-15(10)2/h4-7,11,16H,8-9H2,1-3H3. The van der Waals surface area contributed by atoms with Gasteiger partial charge in [0.25, 0.3) is 0 Å². The quantitative estimate of drug-likeness (QED) is 0.719. The molecule has 0 saturated heterocycles. The molecule has 1 rings (SSSR count). The fourth-order valence-corrected chi connectivity index (χ4v) is 1.48. The van der Waals surface area contributed by atoms with Crippen LogP contribution in [0.1, 0.15) is 5.69 Å². The fraction of sp³-hybridized carbons (Fsp3) is 0.500. The number of aliphatic hydroxyl groups excluding tert-OH is 1. The molecule has 1 atom stereocenters. The molecule has 100 valence electrons. The number of hydrogen-bond donors (Lipinski definition) is 1. The first-order valence-electron chi connectivity index (χ1n) is 5.62. The molecule has 1 amide bonds. The third-order valence-electron chi connectivity index (χ3n) is 2.48. The van der Waals surface area contributed by atoms with Crippen molar-refractivity contribution in [3.05, 3.63) is 24.0 Å². The minimum atomic E-state index is -0.672. The van der Waals surface area contributed by atoms with Gasteiger partial charge < -0.3 is 14.7 Å². The van der Waals surface area contributed by atoms with E-state index in [1.54, 1.807) is 31.1 Å². The maximum atomic E-state index is 11.7. The summed E-state index contributed by atoms with van der Waals surface area (Å²) in [6.45, 7) is 0.450. The van der Waals surface area contributed by atoms with E-state index in [0.717, 1.165) is 5.69 Å². The molecule has 1 N–H and O–H groups in total. The number of nitrogens with zero attached hydrogens (tertiary/aromatic N) is 3. The largest absolute Gasteiger partial charge is 0.389 e. The molecule has 0 radical (unpaired) electrons. The molecule has 1 unspecified atom stereocenters. The van der Waals surface area contributed by atoms with E-state index in [1.165, 1.54) is 18.1 Å². The average molecular weight is 253 g/mol. The lowest BCUT2D eigenvalue weighted by Crippen LogP contribution is -2.35. The van der Waals surface area contributed by atoms with E-state index in [9.17, 15) is 9.90 Å². The van der Waals surface area contributed by atoms with Gasteiger partial charge in [0, 0.05) is 40.0 Å². The van der Waals surface area contributed by atoms with Crippen LogP contribution >= 0.6 is 0 Å². The summed E-state index contributed by atoms with van der Waals surface area (Å²) in [5, 5.41) is 13.5. The van der Waals surface area contributed by atoms with E-state index < -0.39 is 6.10 Å². The molecule has 0 aliphatic heterocycles. The van der Waals surface area contributed by atoms with Gasteiger partial charge >= 0.3 is 0 Å². The second-order valence-electron chi connectivity index (χ2n) is 4.04. The molecule has 1 aromatic rings. The summed E-state index contributed by atoms with van der Waals surface area (Å²) in [4.78, 5) is 13.2. The van der Waals surface area contributed by atoms with E-state index in [4.69, 9.17) is 4.74 Å². The molecule has 18 heavy (non-hydrogen) atoms. The summed E-state index contributed by atoms with van der Waals surface area (Å²) in [6.07, 6.45) is 4.13. The Balaban J connectivity index is 2.50. The summed E-state index contributed by atoms with van der Waals surface area (Å²) in [7, 11) is 4.94. The van der Waals surface area contributed by atoms with E-state index in [0.29, 0.717) is 0 Å². The Hall–Kier alpha value is -1.66. The minimum Gasteiger partial charge on any atom is -0.389 e. The zero-order valence-electron chi connectivity index (χ0n) is 10.9. The van der Waals surface area contributed by atoms with Crippen LogP contribution in [-0.2, 0) is 16.6 Å². The van der Waals surface area contributed by atoms with Crippen LogP contribution < -0.4 is 0 Å². The number of aliphatic hydroxyl groups is 1. The van der Waals surface area contributed by atoms with Crippen molar-refractivity contribution >= 4 is 12.0 Å². The molecule has 0 aliphatic rings. The molecular weight excluding hydrogens is 234 g/mol. The van der Waals surface area contributed by atoms with E-state index in [1.807, 2.05) is 6.07 Å². The number of likely N-dealkylation sites (N-methyl/N-ethyl adjacent to an activating group) is 1. The van der Waals surface area contributed by atoms with Crippen LogP contribution in [0.15, 0.2) is 18.3 Å². The Morgan fingerprint density at radius 1 is 1.72 bits per heavy atom. The van der Waals surface area contributed by atoms with Crippen LogP contribution in [0.3, 0.4) is 0 Å². The average Bonchev–Trinajstić information content (AvgIpc) is 2.72. The first-order chi connectivity index (χ1) is 8.54. The van der Waals surface area contributed by atoms with Crippen molar-refractivity contribution in [1.82, 2.24) is 14.7 Å². The lowest BCUT2D eigenvalue weighted by Gasteiger charge is -2.18. The lowest BCUT2D eigenvalue weighted by atomic mass is 10.3. The monoisotopic (exact) mass is 253 g/mol. The van der Waals surface area contributed by atoms with Gasteiger partial charge in [-0.2, -0.15) is 5.10 Å². The van der Waals surface area contributed by atoms with Gasteiger partial charge in [-0.25, -0.2) is 0 Å². The minimum absolute atomic E-state index is 0.175. The van der Waals surface area contributed by atoms with Gasteiger partial charge in [0.15, 0.2) is 0 Å². The van der Waals surface area contributed by atoms with Crippen molar-refractivity contribution in [2.75, 3.05) is 27.3 Å². The maximum absolute atomic E-state index is 11.7. The molecule has 6 nitrogen and oxygen atoms in total. The number of aryl methyl sites for hydroxylation is 1. The normalized spacial score (nSPS) is 12.9. The number of carbonyl (C=O) groups is 1. The van der Waals surface area contributed by atoms with Crippen molar-refractivity contribution in [1.29, 1.82) is 0 Å². The molecule has 0 fully saturated rings. The van der Waals surface area contributed by atoms with Crippen LogP contribution in [0.25, 0.3) is 6.08 Å². The van der Waals surface area contributed by atoms with Crippen molar-refractivity contribution in [3.8, 4) is 0 Å². The van der Waals surface area contributed by atoms with Crippen molar-refractivity contribution in [2.24, 2.45) is 7.05 Å². The first-order valence-corrected chi connectivity index (χ1v) is 5.62. The highest BCUT2D eigenvalue weighted by Crippen LogP contribution is 2.00. The molecular formula is C12H19N3O3. The van der Waals surface area contributed by atoms with Crippen LogP contribution in [-0.4, -0.2) is 59.1 Å². The maximum Gasteiger partial charge on any atom is 0.246 e. The summed E-state index contributed by atoms with van der Waals surface area (Å²) in [5.74, 6) is -0.175. The third kappa shape index (κ3) is 4.31. The number of carbonyl (C=O) groups excluding carboxylic acids is 1. The molecule has 0 aromatic carbocycles. The van der Waals surface area contributed by atoms with Gasteiger partial charge in [0.05, 0.1) is 18.4 Å². The number of aromatic nitrogens is 2. The topological polar surface area (TPSA) is 67.6 Å². The molecule has 1 aromatic heterocycles. The van der Waals surface area contributed by atoms with Crippen molar-refractivity contribution in [2.45, 2.75) is 6.10 Å². The van der Waals surface area contributed by atoms with Crippen molar-refractivity contribution in [3.63, 3.8) is 0 Å². The molecule has 0 aliphatic carbocycles. The zero-order valence-corrected chi connectivity index (χ0v) is 10.9. The number of rotatable bonds is 6. The molecule has 0 saturated carbocycles. The first kappa shape index (κ1) is 14.4. The predicted molar refractivity (Wildman–Crippen MR) is 67.8 cm³/mol. The Morgan fingerprint density at radius 2 is 2.44 bits per heavy atom.